The maximum absolute atomic E-state index is 12.5. The fourth-order valence-corrected chi connectivity index (χ4v) is 2.81. The Kier molecular flexibility index (Phi) is 8.60. The highest BCUT2D eigenvalue weighted by Gasteiger charge is 2.38. The summed E-state index contributed by atoms with van der Waals surface area (Å²) in [5, 5.41) is 32.4. The van der Waals surface area contributed by atoms with Crippen LogP contribution in [0.25, 0.3) is 0 Å². The van der Waals surface area contributed by atoms with Crippen molar-refractivity contribution >= 4 is 23.7 Å². The van der Waals surface area contributed by atoms with Crippen molar-refractivity contribution in [1.29, 1.82) is 0 Å². The van der Waals surface area contributed by atoms with Gasteiger partial charge in [0.05, 0.1) is 13.2 Å². The van der Waals surface area contributed by atoms with Gasteiger partial charge in [0.1, 0.15) is 24.2 Å². The molecule has 0 radical (unpaired) electrons. The summed E-state index contributed by atoms with van der Waals surface area (Å²) in [6, 6.07) is -4.57. The number of nitrogens with one attached hydrogen (secondary N) is 2. The van der Waals surface area contributed by atoms with Gasteiger partial charge in [0.25, 0.3) is 0 Å². The number of aliphatic carboxylic acids is 1. The molecule has 4 atom stereocenters. The Morgan fingerprint density at radius 1 is 1.11 bits per heavy atom. The van der Waals surface area contributed by atoms with Crippen LogP contribution >= 0.6 is 0 Å². The third-order valence-electron chi connectivity index (χ3n) is 4.40. The van der Waals surface area contributed by atoms with Crippen molar-refractivity contribution in [2.45, 2.75) is 50.9 Å². The topological polar surface area (TPSA) is 182 Å². The molecule has 0 aromatic carbocycles. The zero-order valence-electron chi connectivity index (χ0n) is 15.4. The molecule has 0 bridgehead atoms. The Morgan fingerprint density at radius 3 is 2.22 bits per heavy atom. The van der Waals surface area contributed by atoms with Gasteiger partial charge < -0.3 is 36.6 Å². The van der Waals surface area contributed by atoms with E-state index in [0.29, 0.717) is 12.8 Å². The van der Waals surface area contributed by atoms with Gasteiger partial charge in [-0.2, -0.15) is 0 Å². The Bertz CT molecular complexity index is 569. The molecule has 1 heterocycles. The number of nitrogens with zero attached hydrogens (tertiary/aromatic N) is 1. The van der Waals surface area contributed by atoms with E-state index in [2.05, 4.69) is 10.6 Å². The number of aliphatic hydroxyl groups excluding tert-OH is 2. The third kappa shape index (κ3) is 5.88. The molecule has 1 aliphatic heterocycles. The summed E-state index contributed by atoms with van der Waals surface area (Å²) in [7, 11) is 0. The first kappa shape index (κ1) is 22.8. The molecule has 1 rings (SSSR count). The summed E-state index contributed by atoms with van der Waals surface area (Å²) in [6.07, 6.45) is 0.815. The minimum absolute atomic E-state index is 0.220. The van der Waals surface area contributed by atoms with Crippen LogP contribution in [0.15, 0.2) is 0 Å². The summed E-state index contributed by atoms with van der Waals surface area (Å²) in [5.74, 6) is -3.66. The van der Waals surface area contributed by atoms with Crippen LogP contribution in [0.4, 0.5) is 0 Å². The number of likely N-dealkylation sites (tertiary alicyclic amines) is 1. The van der Waals surface area contributed by atoms with Crippen LogP contribution in [-0.2, 0) is 19.2 Å². The van der Waals surface area contributed by atoms with Gasteiger partial charge >= 0.3 is 5.97 Å². The van der Waals surface area contributed by atoms with Gasteiger partial charge in [0, 0.05) is 6.54 Å². The number of hydrogen-bond acceptors (Lipinski definition) is 7. The lowest BCUT2D eigenvalue weighted by Crippen LogP contribution is -2.59. The Morgan fingerprint density at radius 2 is 1.74 bits per heavy atom. The molecular weight excluding hydrogens is 360 g/mol. The van der Waals surface area contributed by atoms with E-state index >= 15 is 0 Å². The third-order valence-corrected chi connectivity index (χ3v) is 4.40. The van der Waals surface area contributed by atoms with Gasteiger partial charge in [-0.3, -0.25) is 14.4 Å². The lowest BCUT2D eigenvalue weighted by atomic mass is 10.0. The van der Waals surface area contributed by atoms with Crippen LogP contribution in [0, 0.1) is 5.92 Å². The molecule has 0 spiro atoms. The minimum atomic E-state index is -1.33. The molecule has 1 aliphatic rings. The van der Waals surface area contributed by atoms with Crippen molar-refractivity contribution in [2.24, 2.45) is 11.7 Å². The minimum Gasteiger partial charge on any atom is -0.480 e. The van der Waals surface area contributed by atoms with Gasteiger partial charge in [0.2, 0.25) is 17.7 Å². The number of carbonyl (C=O) groups excluding carboxylic acids is 3. The molecule has 7 N–H and O–H groups in total. The molecule has 0 aliphatic carbocycles. The standard InChI is InChI=1S/C16H28N4O7/c1-8(2)12(19-13(23)9(17)6-21)14(24)18-10(7-22)15(25)20-5-3-4-11(20)16(26)27/h8-12,21-22H,3-7,17H2,1-2H3,(H,18,24)(H,19,23)(H,26,27). The van der Waals surface area contributed by atoms with Crippen molar-refractivity contribution in [3.8, 4) is 0 Å². The predicted molar refractivity (Wildman–Crippen MR) is 93.2 cm³/mol. The van der Waals surface area contributed by atoms with Crippen LogP contribution in [0.1, 0.15) is 26.7 Å². The van der Waals surface area contributed by atoms with Gasteiger partial charge in [-0.15, -0.1) is 0 Å². The van der Waals surface area contributed by atoms with E-state index in [9.17, 15) is 29.4 Å². The highest BCUT2D eigenvalue weighted by Crippen LogP contribution is 2.18. The van der Waals surface area contributed by atoms with Crippen molar-refractivity contribution < 1.29 is 34.5 Å². The van der Waals surface area contributed by atoms with Crippen molar-refractivity contribution in [3.05, 3.63) is 0 Å². The average Bonchev–Trinajstić information content (AvgIpc) is 3.12. The van der Waals surface area contributed by atoms with Crippen LogP contribution in [0.3, 0.4) is 0 Å². The fourth-order valence-electron chi connectivity index (χ4n) is 2.81. The molecule has 3 amide bonds. The number of rotatable bonds is 9. The number of amides is 3. The molecule has 0 aromatic rings. The summed E-state index contributed by atoms with van der Waals surface area (Å²) in [6.45, 7) is 2.22. The number of aliphatic hydroxyl groups is 2. The van der Waals surface area contributed by atoms with Crippen LogP contribution in [0.2, 0.25) is 0 Å². The SMILES string of the molecule is CC(C)C(NC(=O)C(N)CO)C(=O)NC(CO)C(=O)N1CCCC1C(=O)O. The quantitative estimate of drug-likeness (QED) is 0.241. The second-order valence-corrected chi connectivity index (χ2v) is 6.79. The highest BCUT2D eigenvalue weighted by atomic mass is 16.4. The Balaban J connectivity index is 2.83. The largest absolute Gasteiger partial charge is 0.480 e. The van der Waals surface area contributed by atoms with E-state index < -0.39 is 61.1 Å². The number of hydrogen-bond donors (Lipinski definition) is 6. The van der Waals surface area contributed by atoms with Gasteiger partial charge in [-0.25, -0.2) is 4.79 Å². The second-order valence-electron chi connectivity index (χ2n) is 6.79. The van der Waals surface area contributed by atoms with Crippen molar-refractivity contribution in [3.63, 3.8) is 0 Å². The number of nitrogens with two attached hydrogens (primary N) is 1. The molecular formula is C16H28N4O7. The lowest BCUT2D eigenvalue weighted by Gasteiger charge is -2.29. The molecule has 11 heteroatoms. The molecule has 1 saturated heterocycles. The van der Waals surface area contributed by atoms with E-state index in [1.165, 1.54) is 0 Å². The molecule has 0 aromatic heterocycles. The highest BCUT2D eigenvalue weighted by molar-refractivity contribution is 5.94. The van der Waals surface area contributed by atoms with E-state index in [0.717, 1.165) is 4.90 Å². The van der Waals surface area contributed by atoms with E-state index in [1.54, 1.807) is 13.8 Å². The maximum Gasteiger partial charge on any atom is 0.326 e. The first-order valence-electron chi connectivity index (χ1n) is 8.75. The van der Waals surface area contributed by atoms with E-state index in [4.69, 9.17) is 10.8 Å². The summed E-state index contributed by atoms with van der Waals surface area (Å²) in [5.41, 5.74) is 5.42. The van der Waals surface area contributed by atoms with Gasteiger partial charge in [-0.05, 0) is 18.8 Å². The van der Waals surface area contributed by atoms with Crippen LogP contribution in [0.5, 0.6) is 0 Å². The first-order valence-corrected chi connectivity index (χ1v) is 8.75. The zero-order chi connectivity index (χ0) is 20.7. The molecule has 154 valence electrons. The Labute approximate surface area is 156 Å². The van der Waals surface area contributed by atoms with Crippen molar-refractivity contribution in [1.82, 2.24) is 15.5 Å². The normalized spacial score (nSPS) is 20.1. The molecule has 0 saturated carbocycles. The zero-order valence-corrected chi connectivity index (χ0v) is 15.4. The van der Waals surface area contributed by atoms with Crippen molar-refractivity contribution in [2.75, 3.05) is 19.8 Å². The predicted octanol–water partition coefficient (Wildman–Crippen LogP) is -3.00. The maximum atomic E-state index is 12.5. The molecule has 4 unspecified atom stereocenters. The van der Waals surface area contributed by atoms with E-state index in [1.807, 2.05) is 0 Å². The number of carboxylic acid groups (broad SMARTS) is 1. The lowest BCUT2D eigenvalue weighted by molar-refractivity contribution is -0.150. The first-order chi connectivity index (χ1) is 12.6. The number of carbonyl (C=O) groups is 4. The molecule has 27 heavy (non-hydrogen) atoms. The Hall–Kier alpha value is -2.24. The summed E-state index contributed by atoms with van der Waals surface area (Å²) >= 11 is 0. The monoisotopic (exact) mass is 388 g/mol. The van der Waals surface area contributed by atoms with Crippen LogP contribution in [-0.4, -0.2) is 87.8 Å². The van der Waals surface area contributed by atoms with E-state index in [-0.39, 0.29) is 12.5 Å². The summed E-state index contributed by atoms with van der Waals surface area (Å²) < 4.78 is 0. The number of carboxylic acids is 1. The van der Waals surface area contributed by atoms with Gasteiger partial charge in [-0.1, -0.05) is 13.8 Å². The average molecular weight is 388 g/mol. The smallest absolute Gasteiger partial charge is 0.326 e. The van der Waals surface area contributed by atoms with Crippen LogP contribution < -0.4 is 16.4 Å². The van der Waals surface area contributed by atoms with Gasteiger partial charge in [0.15, 0.2) is 0 Å². The molecule has 11 nitrogen and oxygen atoms in total. The second kappa shape index (κ2) is 10.2. The molecule has 1 fully saturated rings. The fraction of sp³-hybridized carbons (Fsp3) is 0.750. The summed E-state index contributed by atoms with van der Waals surface area (Å²) in [4.78, 5) is 49.3.